The van der Waals surface area contributed by atoms with Crippen molar-refractivity contribution < 1.29 is 4.79 Å². The number of H-pyrrole nitrogens is 2. The molecule has 0 spiro atoms. The van der Waals surface area contributed by atoms with Crippen molar-refractivity contribution in [2.75, 3.05) is 5.32 Å². The number of imidazole rings is 1. The lowest BCUT2D eigenvalue weighted by Crippen LogP contribution is -2.20. The highest BCUT2D eigenvalue weighted by Crippen LogP contribution is 2.22. The molecular formula is C15H12N6OS2. The maximum absolute atomic E-state index is 12.4. The molecule has 120 valence electrons. The van der Waals surface area contributed by atoms with Crippen molar-refractivity contribution in [3.05, 3.63) is 46.5 Å². The summed E-state index contributed by atoms with van der Waals surface area (Å²) in [6, 6.07) is 11.4. The van der Waals surface area contributed by atoms with E-state index in [2.05, 4.69) is 25.5 Å². The van der Waals surface area contributed by atoms with Gasteiger partial charge < -0.3 is 4.98 Å². The summed E-state index contributed by atoms with van der Waals surface area (Å²) in [6.45, 7) is 0.0552. The van der Waals surface area contributed by atoms with Crippen LogP contribution in [0, 0.1) is 4.77 Å². The van der Waals surface area contributed by atoms with Crippen LogP contribution >= 0.6 is 23.6 Å². The van der Waals surface area contributed by atoms with E-state index in [4.69, 9.17) is 12.2 Å². The average molecular weight is 356 g/mol. The average Bonchev–Trinajstić information content (AvgIpc) is 3.27. The van der Waals surface area contributed by atoms with Gasteiger partial charge in [-0.3, -0.25) is 19.8 Å². The lowest BCUT2D eigenvalue weighted by molar-refractivity contribution is -0.116. The SMILES string of the molecule is O=C(Cn1c(-c2cccs2)n[nH]c1=S)Nc1nc2ccccc2[nH]1. The van der Waals surface area contributed by atoms with Crippen LogP contribution in [0.4, 0.5) is 5.95 Å². The number of amides is 1. The van der Waals surface area contributed by atoms with E-state index in [0.717, 1.165) is 15.9 Å². The lowest BCUT2D eigenvalue weighted by atomic mass is 10.3. The minimum absolute atomic E-state index is 0.0552. The predicted molar refractivity (Wildman–Crippen MR) is 95.4 cm³/mol. The number of aromatic amines is 2. The second-order valence-corrected chi connectivity index (χ2v) is 6.40. The number of carbonyl (C=O) groups excluding carboxylic acids is 1. The van der Waals surface area contributed by atoms with Crippen LogP contribution in [0.25, 0.3) is 21.7 Å². The first kappa shape index (κ1) is 14.8. The Morgan fingerprint density at radius 2 is 2.17 bits per heavy atom. The van der Waals surface area contributed by atoms with E-state index in [1.165, 1.54) is 11.3 Å². The number of carbonyl (C=O) groups is 1. The Hall–Kier alpha value is -2.78. The monoisotopic (exact) mass is 356 g/mol. The molecule has 1 aromatic carbocycles. The predicted octanol–water partition coefficient (Wildman–Crippen LogP) is 3.18. The molecule has 0 bridgehead atoms. The fourth-order valence-corrected chi connectivity index (χ4v) is 3.30. The smallest absolute Gasteiger partial charge is 0.246 e. The highest BCUT2D eigenvalue weighted by molar-refractivity contribution is 7.71. The molecule has 1 amide bonds. The minimum Gasteiger partial charge on any atom is -0.324 e. The molecule has 4 rings (SSSR count). The summed E-state index contributed by atoms with van der Waals surface area (Å²) in [5.41, 5.74) is 1.67. The number of nitrogens with zero attached hydrogens (tertiary/aromatic N) is 3. The first-order valence-electron chi connectivity index (χ1n) is 7.14. The van der Waals surface area contributed by atoms with Gasteiger partial charge in [0.05, 0.1) is 15.9 Å². The Kier molecular flexibility index (Phi) is 3.71. The molecule has 3 heterocycles. The molecule has 0 fully saturated rings. The van der Waals surface area contributed by atoms with Crippen LogP contribution < -0.4 is 5.32 Å². The van der Waals surface area contributed by atoms with E-state index in [9.17, 15) is 4.79 Å². The maximum Gasteiger partial charge on any atom is 0.246 e. The third kappa shape index (κ3) is 2.74. The van der Waals surface area contributed by atoms with Gasteiger partial charge in [-0.2, -0.15) is 5.10 Å². The second kappa shape index (κ2) is 6.02. The number of thiophene rings is 1. The van der Waals surface area contributed by atoms with E-state index >= 15 is 0 Å². The van der Waals surface area contributed by atoms with Gasteiger partial charge in [0.2, 0.25) is 11.9 Å². The minimum atomic E-state index is -0.232. The third-order valence-corrected chi connectivity index (χ3v) is 4.63. The van der Waals surface area contributed by atoms with Gasteiger partial charge >= 0.3 is 0 Å². The zero-order chi connectivity index (χ0) is 16.5. The van der Waals surface area contributed by atoms with Crippen LogP contribution in [0.3, 0.4) is 0 Å². The number of anilines is 1. The van der Waals surface area contributed by atoms with Gasteiger partial charge in [0.15, 0.2) is 10.6 Å². The molecule has 0 aliphatic carbocycles. The van der Waals surface area contributed by atoms with Crippen LogP contribution in [0.1, 0.15) is 0 Å². The summed E-state index contributed by atoms with van der Waals surface area (Å²) in [5, 5.41) is 11.6. The molecule has 24 heavy (non-hydrogen) atoms. The van der Waals surface area contributed by atoms with Gasteiger partial charge in [-0.15, -0.1) is 11.3 Å². The Labute approximate surface area is 145 Å². The maximum atomic E-state index is 12.4. The molecule has 0 radical (unpaired) electrons. The number of hydrogen-bond donors (Lipinski definition) is 3. The zero-order valence-corrected chi connectivity index (χ0v) is 13.9. The van der Waals surface area contributed by atoms with Crippen LogP contribution in [-0.4, -0.2) is 30.6 Å². The van der Waals surface area contributed by atoms with E-state index in [1.807, 2.05) is 41.8 Å². The standard InChI is InChI=1S/C15H12N6OS2/c22-12(18-14-16-9-4-1-2-5-10(9)17-14)8-21-13(19-20-15(21)23)11-6-3-7-24-11/h1-7H,8H2,(H,20,23)(H2,16,17,18,22). The second-order valence-electron chi connectivity index (χ2n) is 5.07. The zero-order valence-electron chi connectivity index (χ0n) is 12.3. The fraction of sp³-hybridized carbons (Fsp3) is 0.0667. The van der Waals surface area contributed by atoms with Gasteiger partial charge in [0.1, 0.15) is 6.54 Å². The summed E-state index contributed by atoms with van der Waals surface area (Å²) in [6.07, 6.45) is 0. The van der Waals surface area contributed by atoms with Crippen LogP contribution in [0.5, 0.6) is 0 Å². The topological polar surface area (TPSA) is 91.4 Å². The fourth-order valence-electron chi connectivity index (χ4n) is 2.39. The Morgan fingerprint density at radius 3 is 2.96 bits per heavy atom. The molecule has 0 aliphatic rings. The van der Waals surface area contributed by atoms with Crippen molar-refractivity contribution in [1.29, 1.82) is 0 Å². The number of para-hydroxylation sites is 2. The van der Waals surface area contributed by atoms with Crippen molar-refractivity contribution in [3.8, 4) is 10.7 Å². The summed E-state index contributed by atoms with van der Waals surface area (Å²) in [7, 11) is 0. The highest BCUT2D eigenvalue weighted by atomic mass is 32.1. The Morgan fingerprint density at radius 1 is 1.29 bits per heavy atom. The first-order chi connectivity index (χ1) is 11.7. The van der Waals surface area contributed by atoms with Crippen LogP contribution in [0.15, 0.2) is 41.8 Å². The summed E-state index contributed by atoms with van der Waals surface area (Å²) in [4.78, 5) is 20.7. The normalized spacial score (nSPS) is 11.0. The quantitative estimate of drug-likeness (QED) is 0.490. The van der Waals surface area contributed by atoms with Gasteiger partial charge in [-0.25, -0.2) is 4.98 Å². The van der Waals surface area contributed by atoms with Crippen molar-refractivity contribution >= 4 is 46.4 Å². The molecular weight excluding hydrogens is 344 g/mol. The Bertz CT molecular complexity index is 1030. The number of aromatic nitrogens is 5. The largest absolute Gasteiger partial charge is 0.324 e. The summed E-state index contributed by atoms with van der Waals surface area (Å²) >= 11 is 6.77. The molecule has 4 aromatic rings. The number of benzene rings is 1. The van der Waals surface area contributed by atoms with Gasteiger partial charge in [-0.05, 0) is 35.8 Å². The summed E-state index contributed by atoms with van der Waals surface area (Å²) in [5.74, 6) is 0.827. The van der Waals surface area contributed by atoms with Gasteiger partial charge in [0.25, 0.3) is 0 Å². The van der Waals surface area contributed by atoms with Gasteiger partial charge in [0, 0.05) is 0 Å². The first-order valence-corrected chi connectivity index (χ1v) is 8.43. The van der Waals surface area contributed by atoms with Crippen molar-refractivity contribution in [3.63, 3.8) is 0 Å². The molecule has 0 aliphatic heterocycles. The van der Waals surface area contributed by atoms with E-state index in [-0.39, 0.29) is 12.5 Å². The third-order valence-electron chi connectivity index (χ3n) is 3.45. The van der Waals surface area contributed by atoms with Crippen molar-refractivity contribution in [2.24, 2.45) is 0 Å². The molecule has 7 nitrogen and oxygen atoms in total. The number of rotatable bonds is 4. The van der Waals surface area contributed by atoms with Gasteiger partial charge in [-0.1, -0.05) is 18.2 Å². The molecule has 0 saturated heterocycles. The molecule has 0 saturated carbocycles. The van der Waals surface area contributed by atoms with Crippen LogP contribution in [-0.2, 0) is 11.3 Å². The van der Waals surface area contributed by atoms with Crippen LogP contribution in [0.2, 0.25) is 0 Å². The molecule has 0 atom stereocenters. The van der Waals surface area contributed by atoms with Crippen molar-refractivity contribution in [2.45, 2.75) is 6.54 Å². The van der Waals surface area contributed by atoms with E-state index in [0.29, 0.717) is 16.5 Å². The summed E-state index contributed by atoms with van der Waals surface area (Å²) < 4.78 is 2.07. The number of nitrogens with one attached hydrogen (secondary N) is 3. The molecule has 0 unspecified atom stereocenters. The number of fused-ring (bicyclic) bond motifs is 1. The van der Waals surface area contributed by atoms with Crippen molar-refractivity contribution in [1.82, 2.24) is 24.7 Å². The lowest BCUT2D eigenvalue weighted by Gasteiger charge is -2.05. The Balaban J connectivity index is 1.56. The molecule has 3 N–H and O–H groups in total. The molecule has 9 heteroatoms. The highest BCUT2D eigenvalue weighted by Gasteiger charge is 2.14. The van der Waals surface area contributed by atoms with E-state index in [1.54, 1.807) is 4.57 Å². The van der Waals surface area contributed by atoms with E-state index < -0.39 is 0 Å². The number of hydrogen-bond acceptors (Lipinski definition) is 5. The molecule has 3 aromatic heterocycles.